The first-order chi connectivity index (χ1) is 9.06. The highest BCUT2D eigenvalue weighted by Gasteiger charge is 2.19. The van der Waals surface area contributed by atoms with Gasteiger partial charge in [0.05, 0.1) is 0 Å². The quantitative estimate of drug-likeness (QED) is 0.569. The lowest BCUT2D eigenvalue weighted by Gasteiger charge is -2.14. The number of esters is 1. The Hall–Kier alpha value is -2.14. The topological polar surface area (TPSA) is 81.4 Å². The van der Waals surface area contributed by atoms with Crippen molar-refractivity contribution in [3.8, 4) is 5.75 Å². The molecule has 0 spiro atoms. The Morgan fingerprint density at radius 2 is 2.05 bits per heavy atom. The van der Waals surface area contributed by atoms with Crippen molar-refractivity contribution < 1.29 is 14.3 Å². The lowest BCUT2D eigenvalue weighted by atomic mass is 10.1. The molecule has 0 aliphatic rings. The molecule has 0 fully saturated rings. The van der Waals surface area contributed by atoms with Crippen molar-refractivity contribution in [1.29, 1.82) is 0 Å². The van der Waals surface area contributed by atoms with Gasteiger partial charge in [-0.1, -0.05) is 24.8 Å². The van der Waals surface area contributed by atoms with Gasteiger partial charge in [0, 0.05) is 6.42 Å². The summed E-state index contributed by atoms with van der Waals surface area (Å²) in [6.07, 6.45) is 2.15. The van der Waals surface area contributed by atoms with Crippen LogP contribution in [0, 0.1) is 0 Å². The smallest absolute Gasteiger partial charge is 0.328 e. The molecule has 5 nitrogen and oxygen atoms in total. The van der Waals surface area contributed by atoms with Crippen molar-refractivity contribution in [2.75, 3.05) is 7.05 Å². The van der Waals surface area contributed by atoms with Crippen LogP contribution < -0.4 is 15.8 Å². The van der Waals surface area contributed by atoms with Gasteiger partial charge >= 0.3 is 5.97 Å². The summed E-state index contributed by atoms with van der Waals surface area (Å²) < 4.78 is 5.21. The fraction of sp³-hybridized carbons (Fsp3) is 0.286. The molecular formula is C14H18N2O3. The highest BCUT2D eigenvalue weighted by Crippen LogP contribution is 2.14. The van der Waals surface area contributed by atoms with E-state index in [2.05, 4.69) is 11.9 Å². The van der Waals surface area contributed by atoms with E-state index < -0.39 is 17.9 Å². The molecule has 0 heterocycles. The van der Waals surface area contributed by atoms with Gasteiger partial charge in [-0.15, -0.1) is 0 Å². The van der Waals surface area contributed by atoms with Crippen LogP contribution in [0.1, 0.15) is 18.4 Å². The van der Waals surface area contributed by atoms with Crippen LogP contribution in [0.5, 0.6) is 5.75 Å². The molecule has 0 unspecified atom stereocenters. The molecule has 5 heteroatoms. The van der Waals surface area contributed by atoms with E-state index in [4.69, 9.17) is 10.5 Å². The number of benzene rings is 1. The van der Waals surface area contributed by atoms with Gasteiger partial charge in [-0.2, -0.15) is 0 Å². The molecule has 102 valence electrons. The van der Waals surface area contributed by atoms with Crippen molar-refractivity contribution in [2.24, 2.45) is 5.73 Å². The summed E-state index contributed by atoms with van der Waals surface area (Å²) in [6.45, 7) is 3.64. The molecule has 0 aliphatic carbocycles. The van der Waals surface area contributed by atoms with Crippen LogP contribution in [-0.4, -0.2) is 25.0 Å². The van der Waals surface area contributed by atoms with Crippen molar-refractivity contribution in [2.45, 2.75) is 18.9 Å². The van der Waals surface area contributed by atoms with Crippen LogP contribution >= 0.6 is 0 Å². The van der Waals surface area contributed by atoms with E-state index >= 15 is 0 Å². The Kier molecular flexibility index (Phi) is 5.75. The van der Waals surface area contributed by atoms with Crippen LogP contribution in [0.4, 0.5) is 0 Å². The monoisotopic (exact) mass is 262 g/mol. The van der Waals surface area contributed by atoms with Crippen LogP contribution in [0.15, 0.2) is 30.8 Å². The van der Waals surface area contributed by atoms with Crippen molar-refractivity contribution >= 4 is 18.0 Å². The Bertz CT molecular complexity index is 454. The molecule has 1 atom stereocenters. The molecule has 1 rings (SSSR count). The number of nitrogens with one attached hydrogen (secondary N) is 1. The number of amides is 1. The van der Waals surface area contributed by atoms with Crippen molar-refractivity contribution in [3.63, 3.8) is 0 Å². The van der Waals surface area contributed by atoms with E-state index in [1.165, 1.54) is 0 Å². The minimum Gasteiger partial charge on any atom is -0.425 e. The summed E-state index contributed by atoms with van der Waals surface area (Å²) in [7, 11) is 1.63. The fourth-order valence-electron chi connectivity index (χ4n) is 1.53. The number of nitrogens with two attached hydrogens (primary N) is 1. The Labute approximate surface area is 112 Å². The number of hydrogen-bond acceptors (Lipinski definition) is 4. The number of ether oxygens (including phenoxy) is 1. The summed E-state index contributed by atoms with van der Waals surface area (Å²) in [5.41, 5.74) is 6.00. The number of rotatable bonds is 7. The average molecular weight is 262 g/mol. The minimum atomic E-state index is -0.549. The highest BCUT2D eigenvalue weighted by molar-refractivity contribution is 5.80. The van der Waals surface area contributed by atoms with E-state index in [0.29, 0.717) is 12.2 Å². The molecule has 1 amide bonds. The van der Waals surface area contributed by atoms with Gasteiger partial charge in [0.25, 0.3) is 0 Å². The van der Waals surface area contributed by atoms with Crippen molar-refractivity contribution in [1.82, 2.24) is 5.32 Å². The number of hydrogen-bond donors (Lipinski definition) is 2. The van der Waals surface area contributed by atoms with Gasteiger partial charge < -0.3 is 15.8 Å². The third-order valence-electron chi connectivity index (χ3n) is 2.65. The van der Waals surface area contributed by atoms with E-state index in [1.807, 2.05) is 0 Å². The van der Waals surface area contributed by atoms with Crippen molar-refractivity contribution in [3.05, 3.63) is 36.4 Å². The second-order valence-electron chi connectivity index (χ2n) is 4.04. The standard InChI is InChI=1S/C14H18N2O3/c1-3-10-4-6-11(7-5-10)19-14(18)12(16-2)8-9-13(15)17/h3-7,12,16H,1,8-9H2,2H3,(H2,15,17)/t12-/m0/s1. The molecule has 0 bridgehead atoms. The first-order valence-electron chi connectivity index (χ1n) is 5.96. The predicted octanol–water partition coefficient (Wildman–Crippen LogP) is 1.09. The average Bonchev–Trinajstić information content (AvgIpc) is 2.40. The third-order valence-corrected chi connectivity index (χ3v) is 2.65. The maximum absolute atomic E-state index is 11.9. The zero-order chi connectivity index (χ0) is 14.3. The van der Waals surface area contributed by atoms with Crippen LogP contribution in [0.3, 0.4) is 0 Å². The molecule has 1 aromatic rings. The molecule has 0 aliphatic heterocycles. The summed E-state index contributed by atoms with van der Waals surface area (Å²) in [4.78, 5) is 22.6. The molecule has 0 radical (unpaired) electrons. The number of primary amides is 1. The Morgan fingerprint density at radius 1 is 1.42 bits per heavy atom. The highest BCUT2D eigenvalue weighted by atomic mass is 16.5. The first-order valence-corrected chi connectivity index (χ1v) is 5.96. The second-order valence-corrected chi connectivity index (χ2v) is 4.04. The predicted molar refractivity (Wildman–Crippen MR) is 73.4 cm³/mol. The Morgan fingerprint density at radius 3 is 2.53 bits per heavy atom. The lowest BCUT2D eigenvalue weighted by molar-refractivity contribution is -0.136. The van der Waals surface area contributed by atoms with E-state index in [1.54, 1.807) is 37.4 Å². The van der Waals surface area contributed by atoms with Gasteiger partial charge in [0.2, 0.25) is 5.91 Å². The van der Waals surface area contributed by atoms with E-state index in [9.17, 15) is 9.59 Å². The minimum absolute atomic E-state index is 0.135. The SMILES string of the molecule is C=Cc1ccc(OC(=O)[C@H](CCC(N)=O)NC)cc1. The van der Waals surface area contributed by atoms with Gasteiger partial charge in [0.15, 0.2) is 0 Å². The first kappa shape index (κ1) is 14.9. The molecule has 19 heavy (non-hydrogen) atoms. The van der Waals surface area contributed by atoms with Gasteiger partial charge in [-0.05, 0) is 31.2 Å². The number of likely N-dealkylation sites (N-methyl/N-ethyl adjacent to an activating group) is 1. The molecule has 0 aromatic heterocycles. The van der Waals surface area contributed by atoms with Crippen LogP contribution in [0.2, 0.25) is 0 Å². The normalized spacial score (nSPS) is 11.6. The lowest BCUT2D eigenvalue weighted by Crippen LogP contribution is -2.38. The van der Waals surface area contributed by atoms with Gasteiger partial charge in [0.1, 0.15) is 11.8 Å². The van der Waals surface area contributed by atoms with Crippen LogP contribution in [-0.2, 0) is 9.59 Å². The molecule has 0 saturated carbocycles. The summed E-state index contributed by atoms with van der Waals surface area (Å²) in [5, 5.41) is 2.80. The maximum Gasteiger partial charge on any atom is 0.328 e. The molecule has 1 aromatic carbocycles. The summed E-state index contributed by atoms with van der Waals surface area (Å²) in [5.74, 6) is -0.423. The molecular weight excluding hydrogens is 244 g/mol. The van der Waals surface area contributed by atoms with Gasteiger partial charge in [-0.25, -0.2) is 4.79 Å². The fourth-order valence-corrected chi connectivity index (χ4v) is 1.53. The second kappa shape index (κ2) is 7.33. The number of carbonyl (C=O) groups excluding carboxylic acids is 2. The van der Waals surface area contributed by atoms with Crippen LogP contribution in [0.25, 0.3) is 6.08 Å². The van der Waals surface area contributed by atoms with E-state index in [0.717, 1.165) is 5.56 Å². The third kappa shape index (κ3) is 4.93. The molecule has 0 saturated heterocycles. The summed E-state index contributed by atoms with van der Waals surface area (Å²) in [6, 6.07) is 6.43. The van der Waals surface area contributed by atoms with Gasteiger partial charge in [-0.3, -0.25) is 4.79 Å². The summed E-state index contributed by atoms with van der Waals surface area (Å²) >= 11 is 0. The zero-order valence-electron chi connectivity index (χ0n) is 10.9. The van der Waals surface area contributed by atoms with E-state index in [-0.39, 0.29) is 6.42 Å². The Balaban J connectivity index is 2.60. The maximum atomic E-state index is 11.9. The number of carbonyl (C=O) groups is 2. The zero-order valence-corrected chi connectivity index (χ0v) is 10.9. The molecule has 3 N–H and O–H groups in total. The largest absolute Gasteiger partial charge is 0.425 e.